The minimum absolute atomic E-state index is 0.685. The van der Waals surface area contributed by atoms with Gasteiger partial charge in [0.2, 0.25) is 0 Å². The van der Waals surface area contributed by atoms with Crippen LogP contribution < -0.4 is 4.90 Å². The summed E-state index contributed by atoms with van der Waals surface area (Å²) in [5.41, 5.74) is 2.92. The lowest BCUT2D eigenvalue weighted by atomic mass is 10.1. The highest BCUT2D eigenvalue weighted by Crippen LogP contribution is 2.22. The summed E-state index contributed by atoms with van der Waals surface area (Å²) in [5, 5.41) is 9.96. The van der Waals surface area contributed by atoms with Crippen molar-refractivity contribution in [2.45, 2.75) is 25.6 Å². The van der Waals surface area contributed by atoms with Crippen LogP contribution in [0.5, 0.6) is 0 Å². The first-order chi connectivity index (χ1) is 8.08. The Kier molecular flexibility index (Phi) is 5.50. The van der Waals surface area contributed by atoms with Crippen LogP contribution in [-0.2, 0) is 5.33 Å². The Balaban J connectivity index is 2.86. The molecule has 0 saturated heterocycles. The van der Waals surface area contributed by atoms with Gasteiger partial charge in [-0.25, -0.2) is 0 Å². The first kappa shape index (κ1) is 14.1. The van der Waals surface area contributed by atoms with Gasteiger partial charge in [-0.2, -0.15) is 5.26 Å². The molecule has 0 aliphatic carbocycles. The molecule has 1 rings (SSSR count). The molecule has 0 atom stereocenters. The molecule has 92 valence electrons. The third kappa shape index (κ3) is 4.05. The van der Waals surface area contributed by atoms with Crippen LogP contribution in [-0.4, -0.2) is 13.6 Å². The molecule has 0 unspecified atom stereocenters. The van der Waals surface area contributed by atoms with Gasteiger partial charge in [-0.3, -0.25) is 0 Å². The fraction of sp³-hybridized carbons (Fsp3) is 0.500. The van der Waals surface area contributed by atoms with Crippen molar-refractivity contribution in [3.05, 3.63) is 29.3 Å². The molecule has 0 bridgehead atoms. The smallest absolute Gasteiger partial charge is 0.101 e. The first-order valence-corrected chi connectivity index (χ1v) is 7.00. The molecule has 1 aromatic rings. The molecule has 17 heavy (non-hydrogen) atoms. The minimum Gasteiger partial charge on any atom is -0.374 e. The second-order valence-corrected chi connectivity index (χ2v) is 5.26. The van der Waals surface area contributed by atoms with Crippen LogP contribution in [0.2, 0.25) is 0 Å². The second-order valence-electron chi connectivity index (χ2n) is 4.70. The Morgan fingerprint density at radius 1 is 1.41 bits per heavy atom. The highest BCUT2D eigenvalue weighted by atomic mass is 79.9. The zero-order valence-corrected chi connectivity index (χ0v) is 12.3. The van der Waals surface area contributed by atoms with Crippen LogP contribution in [0.15, 0.2) is 18.2 Å². The van der Waals surface area contributed by atoms with Gasteiger partial charge in [0.15, 0.2) is 0 Å². The third-order valence-electron chi connectivity index (χ3n) is 2.79. The molecule has 0 aromatic heterocycles. The van der Waals surface area contributed by atoms with E-state index in [1.165, 1.54) is 0 Å². The van der Waals surface area contributed by atoms with Crippen molar-refractivity contribution in [2.75, 3.05) is 18.5 Å². The number of nitriles is 1. The Bertz CT molecular complexity index is 407. The average molecular weight is 295 g/mol. The minimum atomic E-state index is 0.685. The van der Waals surface area contributed by atoms with E-state index in [0.29, 0.717) is 5.92 Å². The topological polar surface area (TPSA) is 27.0 Å². The first-order valence-electron chi connectivity index (χ1n) is 5.88. The number of halogens is 1. The van der Waals surface area contributed by atoms with Crippen LogP contribution >= 0.6 is 15.9 Å². The maximum absolute atomic E-state index is 9.17. The molecule has 3 heteroatoms. The number of alkyl halides is 1. The van der Waals surface area contributed by atoms with E-state index in [-0.39, 0.29) is 0 Å². The zero-order chi connectivity index (χ0) is 12.8. The van der Waals surface area contributed by atoms with Gasteiger partial charge in [-0.05, 0) is 30.0 Å². The summed E-state index contributed by atoms with van der Waals surface area (Å²) in [4.78, 5) is 2.16. The summed E-state index contributed by atoms with van der Waals surface area (Å²) < 4.78 is 0. The molecule has 0 spiro atoms. The average Bonchev–Trinajstić information content (AvgIpc) is 2.34. The Hall–Kier alpha value is -1.01. The molecule has 0 heterocycles. The Labute approximate surface area is 112 Å². The summed E-state index contributed by atoms with van der Waals surface area (Å²) in [5.74, 6) is 0.685. The molecular weight excluding hydrogens is 276 g/mol. The van der Waals surface area contributed by atoms with Crippen LogP contribution in [0.1, 0.15) is 31.4 Å². The van der Waals surface area contributed by atoms with E-state index in [2.05, 4.69) is 46.8 Å². The SMILES string of the molecule is CC(C)CCN(C)c1ccc(CBr)cc1C#N. The summed E-state index contributed by atoms with van der Waals surface area (Å²) >= 11 is 3.41. The van der Waals surface area contributed by atoms with Crippen molar-refractivity contribution < 1.29 is 0 Å². The summed E-state index contributed by atoms with van der Waals surface area (Å²) in [7, 11) is 2.05. The number of rotatable bonds is 5. The summed E-state index contributed by atoms with van der Waals surface area (Å²) in [6.07, 6.45) is 1.14. The number of hydrogen-bond donors (Lipinski definition) is 0. The van der Waals surface area contributed by atoms with Crippen molar-refractivity contribution in [3.8, 4) is 6.07 Å². The molecule has 0 aliphatic rings. The van der Waals surface area contributed by atoms with Crippen LogP contribution in [0.3, 0.4) is 0 Å². The van der Waals surface area contributed by atoms with Crippen molar-refractivity contribution in [3.63, 3.8) is 0 Å². The molecule has 0 fully saturated rings. The van der Waals surface area contributed by atoms with Crippen LogP contribution in [0.4, 0.5) is 5.69 Å². The molecule has 0 radical (unpaired) electrons. The number of benzene rings is 1. The molecule has 2 nitrogen and oxygen atoms in total. The second kappa shape index (κ2) is 6.66. The maximum atomic E-state index is 9.17. The highest BCUT2D eigenvalue weighted by Gasteiger charge is 2.08. The molecule has 0 aliphatic heterocycles. The lowest BCUT2D eigenvalue weighted by Crippen LogP contribution is -2.20. The van der Waals surface area contributed by atoms with Crippen LogP contribution in [0, 0.1) is 17.2 Å². The molecule has 0 N–H and O–H groups in total. The largest absolute Gasteiger partial charge is 0.374 e. The molecule has 1 aromatic carbocycles. The van der Waals surface area contributed by atoms with Gasteiger partial charge in [0, 0.05) is 18.9 Å². The molecule has 0 amide bonds. The van der Waals surface area contributed by atoms with Crippen molar-refractivity contribution >= 4 is 21.6 Å². The van der Waals surface area contributed by atoms with E-state index in [1.807, 2.05) is 19.2 Å². The standard InChI is InChI=1S/C14H19BrN2/c1-11(2)6-7-17(3)14-5-4-12(9-15)8-13(14)10-16/h4-5,8,11H,6-7,9H2,1-3H3. The van der Waals surface area contributed by atoms with E-state index in [9.17, 15) is 5.26 Å². The van der Waals surface area contributed by atoms with Crippen molar-refractivity contribution in [2.24, 2.45) is 5.92 Å². The number of anilines is 1. The molecule has 0 saturated carbocycles. The number of hydrogen-bond acceptors (Lipinski definition) is 2. The lowest BCUT2D eigenvalue weighted by molar-refractivity contribution is 0.585. The van der Waals surface area contributed by atoms with E-state index < -0.39 is 0 Å². The van der Waals surface area contributed by atoms with Crippen molar-refractivity contribution in [1.29, 1.82) is 5.26 Å². The predicted octanol–water partition coefficient (Wildman–Crippen LogP) is 3.94. The van der Waals surface area contributed by atoms with Gasteiger partial charge in [0.1, 0.15) is 6.07 Å². The predicted molar refractivity (Wildman–Crippen MR) is 76.5 cm³/mol. The van der Waals surface area contributed by atoms with Crippen LogP contribution in [0.25, 0.3) is 0 Å². The fourth-order valence-electron chi connectivity index (χ4n) is 1.66. The number of nitrogens with zero attached hydrogens (tertiary/aromatic N) is 2. The van der Waals surface area contributed by atoms with Gasteiger partial charge in [0.25, 0.3) is 0 Å². The van der Waals surface area contributed by atoms with E-state index in [4.69, 9.17) is 0 Å². The molecular formula is C14H19BrN2. The quantitative estimate of drug-likeness (QED) is 0.769. The fourth-order valence-corrected chi connectivity index (χ4v) is 2.01. The summed E-state index contributed by atoms with van der Waals surface area (Å²) in [6.45, 7) is 5.42. The van der Waals surface area contributed by atoms with Gasteiger partial charge in [-0.15, -0.1) is 0 Å². The monoisotopic (exact) mass is 294 g/mol. The third-order valence-corrected chi connectivity index (χ3v) is 3.44. The van der Waals surface area contributed by atoms with Crippen molar-refractivity contribution in [1.82, 2.24) is 0 Å². The van der Waals surface area contributed by atoms with E-state index in [0.717, 1.165) is 35.1 Å². The van der Waals surface area contributed by atoms with Gasteiger partial charge in [0.05, 0.1) is 11.3 Å². The Morgan fingerprint density at radius 2 is 2.12 bits per heavy atom. The lowest BCUT2D eigenvalue weighted by Gasteiger charge is -2.21. The van der Waals surface area contributed by atoms with Gasteiger partial charge < -0.3 is 4.90 Å². The maximum Gasteiger partial charge on any atom is 0.101 e. The van der Waals surface area contributed by atoms with E-state index in [1.54, 1.807) is 0 Å². The summed E-state index contributed by atoms with van der Waals surface area (Å²) in [6, 6.07) is 8.33. The zero-order valence-electron chi connectivity index (χ0n) is 10.7. The highest BCUT2D eigenvalue weighted by molar-refractivity contribution is 9.08. The Morgan fingerprint density at radius 3 is 2.65 bits per heavy atom. The van der Waals surface area contributed by atoms with E-state index >= 15 is 0 Å². The van der Waals surface area contributed by atoms with Gasteiger partial charge >= 0.3 is 0 Å². The normalized spacial score (nSPS) is 10.4. The van der Waals surface area contributed by atoms with Gasteiger partial charge in [-0.1, -0.05) is 35.8 Å².